The van der Waals surface area contributed by atoms with Crippen LogP contribution in [-0.2, 0) is 16.5 Å². The number of carbonyl (C=O) groups is 1. The Morgan fingerprint density at radius 2 is 2.14 bits per heavy atom. The fourth-order valence-corrected chi connectivity index (χ4v) is 4.19. The van der Waals surface area contributed by atoms with Gasteiger partial charge < -0.3 is 14.4 Å². The number of ether oxygens (including phenoxy) is 2. The normalized spacial score (nSPS) is 21.9. The molecule has 2 fully saturated rings. The number of nitrogens with zero attached hydrogens (tertiary/aromatic N) is 3. The van der Waals surface area contributed by atoms with E-state index in [-0.39, 0.29) is 23.7 Å². The van der Waals surface area contributed by atoms with Crippen LogP contribution in [0.2, 0.25) is 0 Å². The van der Waals surface area contributed by atoms with Crippen LogP contribution in [0.4, 0.5) is 0 Å². The molecule has 4 heterocycles. The highest BCUT2D eigenvalue weighted by Crippen LogP contribution is 2.26. The summed E-state index contributed by atoms with van der Waals surface area (Å²) in [6.45, 7) is 2.30. The van der Waals surface area contributed by atoms with Gasteiger partial charge in [-0.25, -0.2) is 9.78 Å². The lowest BCUT2D eigenvalue weighted by Crippen LogP contribution is -2.57. The molecule has 1 aromatic carbocycles. The molecule has 0 radical (unpaired) electrons. The molecule has 0 saturated carbocycles. The Hall–Kier alpha value is -2.97. The minimum atomic E-state index is -0.202. The van der Waals surface area contributed by atoms with E-state index >= 15 is 0 Å². The van der Waals surface area contributed by atoms with Crippen molar-refractivity contribution < 1.29 is 14.3 Å². The van der Waals surface area contributed by atoms with Gasteiger partial charge in [-0.05, 0) is 30.2 Å². The Labute approximate surface area is 167 Å². The highest BCUT2D eigenvalue weighted by atomic mass is 16.5. The largest absolute Gasteiger partial charge is 0.379 e. The summed E-state index contributed by atoms with van der Waals surface area (Å²) in [6.07, 6.45) is 2.45. The van der Waals surface area contributed by atoms with Crippen molar-refractivity contribution in [3.63, 3.8) is 0 Å². The second-order valence-corrected chi connectivity index (χ2v) is 7.50. The van der Waals surface area contributed by atoms with Gasteiger partial charge in [0.2, 0.25) is 0 Å². The standard InChI is InChI=1S/C21H22N4O4/c1-24-17-10-15(11-22-19(17)23-21(24)27)13-3-2-4-14(9-13)20(26)25-6-8-29-18-12-28-7-5-16(18)25/h2-4,9-11,16,18H,5-8,12H2,1H3,(H,22,23,27)/t16-,18+/m0/s1. The molecular weight excluding hydrogens is 372 g/mol. The highest BCUT2D eigenvalue weighted by molar-refractivity contribution is 5.96. The van der Waals surface area contributed by atoms with Gasteiger partial charge >= 0.3 is 5.69 Å². The van der Waals surface area contributed by atoms with Gasteiger partial charge in [-0.3, -0.25) is 14.3 Å². The number of hydrogen-bond acceptors (Lipinski definition) is 5. The van der Waals surface area contributed by atoms with E-state index in [1.54, 1.807) is 13.2 Å². The van der Waals surface area contributed by atoms with Crippen molar-refractivity contribution in [3.05, 3.63) is 52.6 Å². The van der Waals surface area contributed by atoms with Crippen LogP contribution in [-0.4, -0.2) is 63.9 Å². The summed E-state index contributed by atoms with van der Waals surface area (Å²) < 4.78 is 12.8. The number of rotatable bonds is 2. The average molecular weight is 394 g/mol. The molecule has 150 valence electrons. The van der Waals surface area contributed by atoms with Crippen molar-refractivity contribution in [2.45, 2.75) is 18.6 Å². The lowest BCUT2D eigenvalue weighted by molar-refractivity contribution is -0.124. The number of nitrogens with one attached hydrogen (secondary N) is 1. The maximum atomic E-state index is 13.3. The van der Waals surface area contributed by atoms with E-state index < -0.39 is 0 Å². The third-order valence-electron chi connectivity index (χ3n) is 5.80. The highest BCUT2D eigenvalue weighted by Gasteiger charge is 2.37. The number of fused-ring (bicyclic) bond motifs is 2. The van der Waals surface area contributed by atoms with E-state index in [1.807, 2.05) is 35.2 Å². The fourth-order valence-electron chi connectivity index (χ4n) is 4.19. The molecule has 5 rings (SSSR count). The first-order valence-electron chi connectivity index (χ1n) is 9.77. The third-order valence-corrected chi connectivity index (χ3v) is 5.80. The number of hydrogen-bond donors (Lipinski definition) is 1. The smallest absolute Gasteiger partial charge is 0.327 e. The number of aromatic amines is 1. The van der Waals surface area contributed by atoms with E-state index in [0.29, 0.717) is 37.6 Å². The van der Waals surface area contributed by atoms with E-state index in [9.17, 15) is 9.59 Å². The SMILES string of the molecule is Cn1c(=O)[nH]c2ncc(-c3cccc(C(=O)N4CCO[C@@H]5COCC[C@@H]54)c3)cc21. The molecule has 0 bridgehead atoms. The molecule has 8 nitrogen and oxygen atoms in total. The quantitative estimate of drug-likeness (QED) is 0.713. The molecule has 1 amide bonds. The van der Waals surface area contributed by atoms with Crippen molar-refractivity contribution in [3.8, 4) is 11.1 Å². The van der Waals surface area contributed by atoms with Crippen molar-refractivity contribution in [1.29, 1.82) is 0 Å². The number of aryl methyl sites for hydroxylation is 1. The minimum absolute atomic E-state index is 0.00938. The molecule has 8 heteroatoms. The number of imidazole rings is 1. The van der Waals surface area contributed by atoms with Crippen LogP contribution < -0.4 is 5.69 Å². The van der Waals surface area contributed by atoms with E-state index in [1.165, 1.54) is 4.57 Å². The van der Waals surface area contributed by atoms with Crippen LogP contribution in [0.1, 0.15) is 16.8 Å². The van der Waals surface area contributed by atoms with Gasteiger partial charge in [0.15, 0.2) is 5.65 Å². The number of pyridine rings is 1. The molecule has 2 aliphatic heterocycles. The Bertz CT molecular complexity index is 1130. The van der Waals surface area contributed by atoms with E-state index in [2.05, 4.69) is 9.97 Å². The number of amides is 1. The lowest BCUT2D eigenvalue weighted by Gasteiger charge is -2.43. The van der Waals surface area contributed by atoms with Gasteiger partial charge in [-0.2, -0.15) is 0 Å². The van der Waals surface area contributed by atoms with E-state index in [0.717, 1.165) is 23.1 Å². The first-order valence-corrected chi connectivity index (χ1v) is 9.77. The monoisotopic (exact) mass is 394 g/mol. The van der Waals surface area contributed by atoms with Crippen molar-refractivity contribution in [2.24, 2.45) is 7.05 Å². The number of H-pyrrole nitrogens is 1. The van der Waals surface area contributed by atoms with Crippen LogP contribution in [0.3, 0.4) is 0 Å². The molecular formula is C21H22N4O4. The van der Waals surface area contributed by atoms with Gasteiger partial charge in [0, 0.05) is 37.5 Å². The summed E-state index contributed by atoms with van der Waals surface area (Å²) in [4.78, 5) is 34.1. The first kappa shape index (κ1) is 18.1. The summed E-state index contributed by atoms with van der Waals surface area (Å²) in [5, 5.41) is 0. The summed E-state index contributed by atoms with van der Waals surface area (Å²) >= 11 is 0. The summed E-state index contributed by atoms with van der Waals surface area (Å²) in [5.74, 6) is 0.00938. The molecule has 0 spiro atoms. The Morgan fingerprint density at radius 3 is 3.03 bits per heavy atom. The molecule has 2 saturated heterocycles. The molecule has 29 heavy (non-hydrogen) atoms. The maximum Gasteiger partial charge on any atom is 0.327 e. The molecule has 0 unspecified atom stereocenters. The van der Waals surface area contributed by atoms with Crippen LogP contribution in [0, 0.1) is 0 Å². The van der Waals surface area contributed by atoms with Crippen LogP contribution in [0.15, 0.2) is 41.3 Å². The minimum Gasteiger partial charge on any atom is -0.379 e. The Morgan fingerprint density at radius 1 is 1.24 bits per heavy atom. The van der Waals surface area contributed by atoms with Crippen molar-refractivity contribution >= 4 is 17.1 Å². The zero-order valence-electron chi connectivity index (χ0n) is 16.1. The number of aromatic nitrogens is 3. The average Bonchev–Trinajstić information content (AvgIpc) is 3.06. The summed E-state index contributed by atoms with van der Waals surface area (Å²) in [5.41, 5.74) is 3.45. The Balaban J connectivity index is 1.47. The number of morpholine rings is 1. The van der Waals surface area contributed by atoms with Crippen LogP contribution in [0.5, 0.6) is 0 Å². The molecule has 2 atom stereocenters. The van der Waals surface area contributed by atoms with Gasteiger partial charge in [-0.1, -0.05) is 12.1 Å². The maximum absolute atomic E-state index is 13.3. The lowest BCUT2D eigenvalue weighted by atomic mass is 9.99. The third kappa shape index (κ3) is 3.14. The zero-order chi connectivity index (χ0) is 20.0. The summed E-state index contributed by atoms with van der Waals surface area (Å²) in [7, 11) is 1.70. The molecule has 3 aromatic rings. The van der Waals surface area contributed by atoms with Crippen molar-refractivity contribution in [2.75, 3.05) is 26.4 Å². The van der Waals surface area contributed by atoms with Crippen LogP contribution >= 0.6 is 0 Å². The molecule has 0 aliphatic carbocycles. The van der Waals surface area contributed by atoms with Gasteiger partial charge in [0.05, 0.1) is 24.8 Å². The zero-order valence-corrected chi connectivity index (χ0v) is 16.1. The van der Waals surface area contributed by atoms with Crippen molar-refractivity contribution in [1.82, 2.24) is 19.4 Å². The first-order chi connectivity index (χ1) is 14.1. The molecule has 1 N–H and O–H groups in total. The Kier molecular flexibility index (Phi) is 4.44. The molecule has 2 aromatic heterocycles. The number of carbonyl (C=O) groups excluding carboxylic acids is 1. The number of benzene rings is 1. The topological polar surface area (TPSA) is 89.5 Å². The predicted molar refractivity (Wildman–Crippen MR) is 107 cm³/mol. The second-order valence-electron chi connectivity index (χ2n) is 7.50. The van der Waals surface area contributed by atoms with Crippen LogP contribution in [0.25, 0.3) is 22.3 Å². The molecule has 2 aliphatic rings. The summed E-state index contributed by atoms with van der Waals surface area (Å²) in [6, 6.07) is 9.52. The van der Waals surface area contributed by atoms with Gasteiger partial charge in [0.1, 0.15) is 6.10 Å². The van der Waals surface area contributed by atoms with E-state index in [4.69, 9.17) is 9.47 Å². The second kappa shape index (κ2) is 7.13. The van der Waals surface area contributed by atoms with Gasteiger partial charge in [0.25, 0.3) is 5.91 Å². The predicted octanol–water partition coefficient (Wildman–Crippen LogP) is 1.56. The van der Waals surface area contributed by atoms with Gasteiger partial charge in [-0.15, -0.1) is 0 Å². The fraction of sp³-hybridized carbons (Fsp3) is 0.381.